The van der Waals surface area contributed by atoms with Gasteiger partial charge in [0.15, 0.2) is 0 Å². The predicted octanol–water partition coefficient (Wildman–Crippen LogP) is 0.152. The molecule has 2 heterocycles. The minimum absolute atomic E-state index is 0.0824. The van der Waals surface area contributed by atoms with E-state index in [4.69, 9.17) is 0 Å². The molecule has 1 aliphatic rings. The normalized spacial score (nSPS) is 20.9. The summed E-state index contributed by atoms with van der Waals surface area (Å²) in [5, 5.41) is 9.84. The van der Waals surface area contributed by atoms with Gasteiger partial charge in [-0.3, -0.25) is 9.89 Å². The molecule has 0 aliphatic carbocycles. The van der Waals surface area contributed by atoms with Gasteiger partial charge in [-0.25, -0.2) is 0 Å². The van der Waals surface area contributed by atoms with Gasteiger partial charge in [0, 0.05) is 24.8 Å². The topological polar surface area (TPSA) is 61.0 Å². The Balaban J connectivity index is 2.07. The number of aromatic amines is 1. The van der Waals surface area contributed by atoms with Crippen molar-refractivity contribution in [3.8, 4) is 0 Å². The molecule has 1 amide bonds. The quantitative estimate of drug-likeness (QED) is 0.727. The zero-order valence-electron chi connectivity index (χ0n) is 9.08. The maximum absolute atomic E-state index is 12.0. The fourth-order valence-electron chi connectivity index (χ4n) is 1.92. The van der Waals surface area contributed by atoms with Crippen molar-refractivity contribution in [1.82, 2.24) is 20.4 Å². The first kappa shape index (κ1) is 10.2. The van der Waals surface area contributed by atoms with Gasteiger partial charge in [-0.15, -0.1) is 0 Å². The number of amides is 1. The second-order valence-corrected chi connectivity index (χ2v) is 3.93. The van der Waals surface area contributed by atoms with E-state index in [-0.39, 0.29) is 5.91 Å². The van der Waals surface area contributed by atoms with Crippen molar-refractivity contribution < 1.29 is 4.79 Å². The number of H-pyrrole nitrogens is 1. The summed E-state index contributed by atoms with van der Waals surface area (Å²) in [6.07, 6.45) is 2.63. The van der Waals surface area contributed by atoms with E-state index in [1.54, 1.807) is 6.20 Å². The highest BCUT2D eigenvalue weighted by atomic mass is 16.2. The molecule has 15 heavy (non-hydrogen) atoms. The Kier molecular flexibility index (Phi) is 2.73. The fraction of sp³-hybridized carbons (Fsp3) is 0.600. The van der Waals surface area contributed by atoms with E-state index in [1.165, 1.54) is 0 Å². The van der Waals surface area contributed by atoms with Crippen molar-refractivity contribution in [2.24, 2.45) is 0 Å². The summed E-state index contributed by atoms with van der Waals surface area (Å²) in [5.74, 6) is 0.0824. The maximum Gasteiger partial charge on any atom is 0.257 e. The first-order chi connectivity index (χ1) is 7.22. The number of rotatable bonds is 2. The first-order valence-electron chi connectivity index (χ1n) is 5.19. The van der Waals surface area contributed by atoms with E-state index in [2.05, 4.69) is 15.5 Å². The summed E-state index contributed by atoms with van der Waals surface area (Å²) in [4.78, 5) is 13.9. The Hall–Kier alpha value is -1.36. The van der Waals surface area contributed by atoms with Crippen molar-refractivity contribution >= 4 is 5.91 Å². The maximum atomic E-state index is 12.0. The van der Waals surface area contributed by atoms with Gasteiger partial charge in [-0.1, -0.05) is 0 Å². The van der Waals surface area contributed by atoms with E-state index in [0.29, 0.717) is 11.6 Å². The largest absolute Gasteiger partial charge is 0.337 e. The molecule has 0 aromatic carbocycles. The molecule has 0 saturated carbocycles. The molecule has 5 nitrogen and oxygen atoms in total. The Bertz CT molecular complexity index is 360. The Labute approximate surface area is 88.8 Å². The highest BCUT2D eigenvalue weighted by Crippen LogP contribution is 2.14. The van der Waals surface area contributed by atoms with Crippen LogP contribution >= 0.6 is 0 Å². The lowest BCUT2D eigenvalue weighted by molar-refractivity contribution is 0.0789. The lowest BCUT2D eigenvalue weighted by atomic mass is 10.2. The molecule has 1 fully saturated rings. The van der Waals surface area contributed by atoms with Gasteiger partial charge in [-0.2, -0.15) is 5.10 Å². The number of likely N-dealkylation sites (tertiary alicyclic amines) is 1. The molecule has 1 atom stereocenters. The number of carbonyl (C=O) groups is 1. The van der Waals surface area contributed by atoms with Gasteiger partial charge in [0.05, 0.1) is 11.8 Å². The molecule has 0 bridgehead atoms. The zero-order valence-corrected chi connectivity index (χ0v) is 9.08. The number of carbonyl (C=O) groups excluding carboxylic acids is 1. The van der Waals surface area contributed by atoms with E-state index in [1.807, 2.05) is 18.9 Å². The molecular weight excluding hydrogens is 192 g/mol. The zero-order chi connectivity index (χ0) is 10.8. The second kappa shape index (κ2) is 4.02. The van der Waals surface area contributed by atoms with Crippen LogP contribution < -0.4 is 5.32 Å². The van der Waals surface area contributed by atoms with Crippen LogP contribution in [0.5, 0.6) is 0 Å². The number of aryl methyl sites for hydroxylation is 1. The Morgan fingerprint density at radius 1 is 1.73 bits per heavy atom. The molecule has 82 valence electrons. The van der Waals surface area contributed by atoms with Crippen LogP contribution in [0.4, 0.5) is 0 Å². The van der Waals surface area contributed by atoms with Crippen molar-refractivity contribution in [2.45, 2.75) is 19.4 Å². The second-order valence-electron chi connectivity index (χ2n) is 3.93. The summed E-state index contributed by atoms with van der Waals surface area (Å²) in [6.45, 7) is 3.49. The van der Waals surface area contributed by atoms with Crippen molar-refractivity contribution in [3.05, 3.63) is 17.5 Å². The summed E-state index contributed by atoms with van der Waals surface area (Å²) < 4.78 is 0. The SMILES string of the molecule is CNC1CCN(C(=O)c2cn[nH]c2C)C1. The molecule has 0 radical (unpaired) electrons. The number of hydrogen-bond donors (Lipinski definition) is 2. The summed E-state index contributed by atoms with van der Waals surface area (Å²) in [5.41, 5.74) is 1.53. The molecule has 1 aromatic heterocycles. The van der Waals surface area contributed by atoms with Crippen LogP contribution in [0, 0.1) is 6.92 Å². The molecule has 1 unspecified atom stereocenters. The smallest absolute Gasteiger partial charge is 0.257 e. The van der Waals surface area contributed by atoms with Crippen LogP contribution in [-0.4, -0.2) is 47.2 Å². The third kappa shape index (κ3) is 1.87. The summed E-state index contributed by atoms with van der Waals surface area (Å²) in [6, 6.07) is 0.432. The fourth-order valence-corrected chi connectivity index (χ4v) is 1.92. The van der Waals surface area contributed by atoms with Gasteiger partial charge in [0.1, 0.15) is 0 Å². The third-order valence-electron chi connectivity index (χ3n) is 2.94. The monoisotopic (exact) mass is 208 g/mol. The van der Waals surface area contributed by atoms with Crippen LogP contribution in [-0.2, 0) is 0 Å². The molecule has 1 saturated heterocycles. The van der Waals surface area contributed by atoms with E-state index in [0.717, 1.165) is 25.2 Å². The van der Waals surface area contributed by atoms with Crippen LogP contribution in [0.15, 0.2) is 6.20 Å². The van der Waals surface area contributed by atoms with Gasteiger partial charge < -0.3 is 10.2 Å². The first-order valence-corrected chi connectivity index (χ1v) is 5.19. The van der Waals surface area contributed by atoms with Crippen LogP contribution in [0.25, 0.3) is 0 Å². The van der Waals surface area contributed by atoms with E-state index in [9.17, 15) is 4.79 Å². The van der Waals surface area contributed by atoms with E-state index >= 15 is 0 Å². The lowest BCUT2D eigenvalue weighted by Crippen LogP contribution is -2.33. The van der Waals surface area contributed by atoms with Gasteiger partial charge in [0.25, 0.3) is 5.91 Å². The molecule has 2 rings (SSSR count). The average Bonchev–Trinajstić information content (AvgIpc) is 2.84. The number of likely N-dealkylation sites (N-methyl/N-ethyl adjacent to an activating group) is 1. The van der Waals surface area contributed by atoms with Crippen molar-refractivity contribution in [2.75, 3.05) is 20.1 Å². The minimum atomic E-state index is 0.0824. The predicted molar refractivity (Wildman–Crippen MR) is 56.7 cm³/mol. The lowest BCUT2D eigenvalue weighted by Gasteiger charge is -2.15. The highest BCUT2D eigenvalue weighted by molar-refractivity contribution is 5.95. The minimum Gasteiger partial charge on any atom is -0.337 e. The van der Waals surface area contributed by atoms with Gasteiger partial charge >= 0.3 is 0 Å². The molecular formula is C10H16N4O. The summed E-state index contributed by atoms with van der Waals surface area (Å²) >= 11 is 0. The van der Waals surface area contributed by atoms with Crippen molar-refractivity contribution in [3.63, 3.8) is 0 Å². The molecule has 2 N–H and O–H groups in total. The number of hydrogen-bond acceptors (Lipinski definition) is 3. The highest BCUT2D eigenvalue weighted by Gasteiger charge is 2.27. The molecule has 1 aliphatic heterocycles. The van der Waals surface area contributed by atoms with E-state index < -0.39 is 0 Å². The average molecular weight is 208 g/mol. The number of aromatic nitrogens is 2. The summed E-state index contributed by atoms with van der Waals surface area (Å²) in [7, 11) is 1.93. The molecule has 5 heteroatoms. The van der Waals surface area contributed by atoms with Gasteiger partial charge in [-0.05, 0) is 20.4 Å². The van der Waals surface area contributed by atoms with Crippen LogP contribution in [0.1, 0.15) is 22.5 Å². The third-order valence-corrected chi connectivity index (χ3v) is 2.94. The Morgan fingerprint density at radius 2 is 2.53 bits per heavy atom. The molecule has 1 aromatic rings. The molecule has 0 spiro atoms. The van der Waals surface area contributed by atoms with Gasteiger partial charge in [0.2, 0.25) is 0 Å². The Morgan fingerprint density at radius 3 is 3.07 bits per heavy atom. The number of nitrogens with zero attached hydrogens (tertiary/aromatic N) is 2. The number of nitrogens with one attached hydrogen (secondary N) is 2. The van der Waals surface area contributed by atoms with Crippen molar-refractivity contribution in [1.29, 1.82) is 0 Å². The van der Waals surface area contributed by atoms with Crippen LogP contribution in [0.3, 0.4) is 0 Å². The van der Waals surface area contributed by atoms with Crippen LogP contribution in [0.2, 0.25) is 0 Å². The standard InChI is InChI=1S/C10H16N4O/c1-7-9(5-12-13-7)10(15)14-4-3-8(6-14)11-2/h5,8,11H,3-4,6H2,1-2H3,(H,12,13).